The Hall–Kier alpha value is -2.78. The van der Waals surface area contributed by atoms with Crippen molar-refractivity contribution in [3.63, 3.8) is 0 Å². The monoisotopic (exact) mass is 431 g/mol. The van der Waals surface area contributed by atoms with E-state index in [0.29, 0.717) is 38.3 Å². The molecule has 1 amide bonds. The molecule has 9 heteroatoms. The Labute approximate surface area is 179 Å². The van der Waals surface area contributed by atoms with Crippen molar-refractivity contribution in [2.45, 2.75) is 19.4 Å². The molecule has 1 aromatic carbocycles. The van der Waals surface area contributed by atoms with Gasteiger partial charge < -0.3 is 19.5 Å². The number of amides is 1. The highest BCUT2D eigenvalue weighted by Gasteiger charge is 2.16. The van der Waals surface area contributed by atoms with Gasteiger partial charge in [0.1, 0.15) is 17.4 Å². The third-order valence-electron chi connectivity index (χ3n) is 4.42. The molecule has 0 fully saturated rings. The molecule has 0 spiro atoms. The number of aromatic nitrogens is 2. The first-order valence-electron chi connectivity index (χ1n) is 9.75. The van der Waals surface area contributed by atoms with Crippen molar-refractivity contribution in [1.82, 2.24) is 19.6 Å². The lowest BCUT2D eigenvalue weighted by Crippen LogP contribution is -2.34. The predicted octanol–water partition coefficient (Wildman–Crippen LogP) is 2.94. The van der Waals surface area contributed by atoms with E-state index in [4.69, 9.17) is 4.42 Å². The molecule has 0 saturated heterocycles. The van der Waals surface area contributed by atoms with Gasteiger partial charge in [0.05, 0.1) is 12.8 Å². The Morgan fingerprint density at radius 2 is 2.00 bits per heavy atom. The van der Waals surface area contributed by atoms with Gasteiger partial charge in [0.2, 0.25) is 11.0 Å². The minimum atomic E-state index is -0.265. The SMILES string of the molecule is CN(C)CCNC(=O)CCN(Cc1ccco1)c1nc(Cc2ccc(F)cc2)ns1. The second kappa shape index (κ2) is 10.8. The molecule has 0 aliphatic heterocycles. The third-order valence-corrected chi connectivity index (χ3v) is 5.23. The lowest BCUT2D eigenvalue weighted by atomic mass is 10.1. The zero-order valence-electron chi connectivity index (χ0n) is 17.2. The average molecular weight is 432 g/mol. The molecule has 3 rings (SSSR count). The van der Waals surface area contributed by atoms with Crippen molar-refractivity contribution in [2.75, 3.05) is 38.6 Å². The number of hydrogen-bond acceptors (Lipinski definition) is 7. The highest BCUT2D eigenvalue weighted by molar-refractivity contribution is 7.09. The highest BCUT2D eigenvalue weighted by Crippen LogP contribution is 2.22. The fourth-order valence-corrected chi connectivity index (χ4v) is 3.52. The van der Waals surface area contributed by atoms with Gasteiger partial charge in [-0.15, -0.1) is 0 Å². The van der Waals surface area contributed by atoms with Gasteiger partial charge in [-0.2, -0.15) is 4.37 Å². The number of carbonyl (C=O) groups is 1. The van der Waals surface area contributed by atoms with Gasteiger partial charge in [0.15, 0.2) is 0 Å². The molecule has 30 heavy (non-hydrogen) atoms. The Morgan fingerprint density at radius 3 is 2.70 bits per heavy atom. The molecule has 3 aromatic rings. The number of benzene rings is 1. The maximum Gasteiger partial charge on any atom is 0.221 e. The summed E-state index contributed by atoms with van der Waals surface area (Å²) >= 11 is 1.29. The van der Waals surface area contributed by atoms with Gasteiger partial charge in [-0.25, -0.2) is 9.37 Å². The van der Waals surface area contributed by atoms with Crippen molar-refractivity contribution < 1.29 is 13.6 Å². The molecule has 0 bridgehead atoms. The first kappa shape index (κ1) is 21.9. The Kier molecular flexibility index (Phi) is 7.92. The van der Waals surface area contributed by atoms with E-state index in [2.05, 4.69) is 14.7 Å². The van der Waals surface area contributed by atoms with Crippen LogP contribution >= 0.6 is 11.5 Å². The molecule has 7 nitrogen and oxygen atoms in total. The number of likely N-dealkylation sites (N-methyl/N-ethyl adjacent to an activating group) is 1. The van der Waals surface area contributed by atoms with E-state index in [1.807, 2.05) is 36.0 Å². The van der Waals surface area contributed by atoms with Crippen LogP contribution in [0.15, 0.2) is 47.1 Å². The second-order valence-corrected chi connectivity index (χ2v) is 7.93. The summed E-state index contributed by atoms with van der Waals surface area (Å²) in [4.78, 5) is 20.8. The zero-order valence-corrected chi connectivity index (χ0v) is 18.0. The minimum Gasteiger partial charge on any atom is -0.467 e. The van der Waals surface area contributed by atoms with Crippen LogP contribution in [0.3, 0.4) is 0 Å². The molecule has 0 radical (unpaired) electrons. The van der Waals surface area contributed by atoms with E-state index < -0.39 is 0 Å². The van der Waals surface area contributed by atoms with Gasteiger partial charge in [-0.3, -0.25) is 4.79 Å². The van der Waals surface area contributed by atoms with Gasteiger partial charge >= 0.3 is 0 Å². The number of rotatable bonds is 11. The molecule has 2 aromatic heterocycles. The van der Waals surface area contributed by atoms with Gasteiger partial charge in [0, 0.05) is 44.0 Å². The van der Waals surface area contributed by atoms with Crippen LogP contribution in [0.2, 0.25) is 0 Å². The maximum atomic E-state index is 13.1. The number of halogens is 1. The highest BCUT2D eigenvalue weighted by atomic mass is 32.1. The summed E-state index contributed by atoms with van der Waals surface area (Å²) < 4.78 is 23.0. The van der Waals surface area contributed by atoms with Crippen LogP contribution in [-0.4, -0.2) is 53.9 Å². The molecule has 0 saturated carbocycles. The van der Waals surface area contributed by atoms with E-state index in [1.54, 1.807) is 18.4 Å². The second-order valence-electron chi connectivity index (χ2n) is 7.20. The molecule has 1 N–H and O–H groups in total. The lowest BCUT2D eigenvalue weighted by molar-refractivity contribution is -0.120. The van der Waals surface area contributed by atoms with E-state index in [-0.39, 0.29) is 11.7 Å². The quantitative estimate of drug-likeness (QED) is 0.503. The van der Waals surface area contributed by atoms with Crippen molar-refractivity contribution in [2.24, 2.45) is 0 Å². The predicted molar refractivity (Wildman–Crippen MR) is 115 cm³/mol. The van der Waals surface area contributed by atoms with Crippen LogP contribution in [-0.2, 0) is 17.8 Å². The van der Waals surface area contributed by atoms with Crippen molar-refractivity contribution in [3.05, 3.63) is 65.6 Å². The first-order valence-corrected chi connectivity index (χ1v) is 10.5. The van der Waals surface area contributed by atoms with Crippen LogP contribution in [0.4, 0.5) is 9.52 Å². The van der Waals surface area contributed by atoms with Gasteiger partial charge in [-0.05, 0) is 43.9 Å². The van der Waals surface area contributed by atoms with Crippen molar-refractivity contribution in [3.8, 4) is 0 Å². The Bertz CT molecular complexity index is 912. The molecule has 0 unspecified atom stereocenters. The number of nitrogens with one attached hydrogen (secondary N) is 1. The maximum absolute atomic E-state index is 13.1. The van der Waals surface area contributed by atoms with Crippen LogP contribution in [0.1, 0.15) is 23.6 Å². The summed E-state index contributed by atoms with van der Waals surface area (Å²) in [5.41, 5.74) is 0.943. The number of hydrogen-bond donors (Lipinski definition) is 1. The summed E-state index contributed by atoms with van der Waals surface area (Å²) in [6, 6.07) is 10.1. The summed E-state index contributed by atoms with van der Waals surface area (Å²) in [5, 5.41) is 3.65. The largest absolute Gasteiger partial charge is 0.467 e. The Morgan fingerprint density at radius 1 is 1.20 bits per heavy atom. The van der Waals surface area contributed by atoms with Crippen LogP contribution in [0, 0.1) is 5.82 Å². The molecule has 0 aliphatic rings. The molecule has 160 valence electrons. The fraction of sp³-hybridized carbons (Fsp3) is 0.381. The summed E-state index contributed by atoms with van der Waals surface area (Å²) in [7, 11) is 3.94. The fourth-order valence-electron chi connectivity index (χ4n) is 2.81. The summed E-state index contributed by atoms with van der Waals surface area (Å²) in [6.07, 6.45) is 2.50. The molecular weight excluding hydrogens is 405 g/mol. The number of carbonyl (C=O) groups excluding carboxylic acids is 1. The first-order chi connectivity index (χ1) is 14.5. The zero-order chi connectivity index (χ0) is 21.3. The number of anilines is 1. The normalized spacial score (nSPS) is 11.1. The van der Waals surface area contributed by atoms with Crippen LogP contribution in [0.5, 0.6) is 0 Å². The van der Waals surface area contributed by atoms with Crippen LogP contribution < -0.4 is 10.2 Å². The van der Waals surface area contributed by atoms with Gasteiger partial charge in [-0.1, -0.05) is 12.1 Å². The average Bonchev–Trinajstić information content (AvgIpc) is 3.39. The van der Waals surface area contributed by atoms with Crippen LogP contribution in [0.25, 0.3) is 0 Å². The molecular formula is C21H26FN5O2S. The van der Waals surface area contributed by atoms with Gasteiger partial charge in [0.25, 0.3) is 0 Å². The minimum absolute atomic E-state index is 0.00246. The van der Waals surface area contributed by atoms with E-state index in [9.17, 15) is 9.18 Å². The number of furan rings is 1. The smallest absolute Gasteiger partial charge is 0.221 e. The number of nitrogens with zero attached hydrogens (tertiary/aromatic N) is 4. The van der Waals surface area contributed by atoms with E-state index in [0.717, 1.165) is 23.0 Å². The Balaban J connectivity index is 1.62. The summed E-state index contributed by atoms with van der Waals surface area (Å²) in [6.45, 7) is 2.42. The van der Waals surface area contributed by atoms with Crippen molar-refractivity contribution >= 4 is 22.6 Å². The molecule has 0 atom stereocenters. The topological polar surface area (TPSA) is 74.5 Å². The molecule has 0 aliphatic carbocycles. The van der Waals surface area contributed by atoms with Crippen molar-refractivity contribution in [1.29, 1.82) is 0 Å². The lowest BCUT2D eigenvalue weighted by Gasteiger charge is -2.20. The summed E-state index contributed by atoms with van der Waals surface area (Å²) in [5.74, 6) is 1.19. The van der Waals surface area contributed by atoms with E-state index in [1.165, 1.54) is 23.7 Å². The third kappa shape index (κ3) is 6.93. The standard InChI is InChI=1S/C21H26FN5O2S/c1-26(2)12-10-23-20(28)9-11-27(15-18-4-3-13-29-18)21-24-19(25-30-21)14-16-5-7-17(22)8-6-16/h3-8,13H,9-12,14-15H2,1-2H3,(H,23,28). The molecule has 2 heterocycles. The van der Waals surface area contributed by atoms with E-state index >= 15 is 0 Å².